The van der Waals surface area contributed by atoms with Crippen molar-refractivity contribution < 1.29 is 14.3 Å². The van der Waals surface area contributed by atoms with Crippen LogP contribution in [0.2, 0.25) is 0 Å². The van der Waals surface area contributed by atoms with Crippen LogP contribution in [0.1, 0.15) is 26.2 Å². The van der Waals surface area contributed by atoms with E-state index in [1.165, 1.54) is 0 Å². The molecule has 0 aromatic heterocycles. The highest BCUT2D eigenvalue weighted by atomic mass is 16.5. The van der Waals surface area contributed by atoms with E-state index < -0.39 is 12.0 Å². The van der Waals surface area contributed by atoms with Gasteiger partial charge >= 0.3 is 5.97 Å². The van der Waals surface area contributed by atoms with Crippen LogP contribution in [0.25, 0.3) is 0 Å². The van der Waals surface area contributed by atoms with Crippen LogP contribution in [-0.4, -0.2) is 31.6 Å². The van der Waals surface area contributed by atoms with E-state index in [4.69, 9.17) is 10.5 Å². The molecular formula is C9H18N2O3. The largest absolute Gasteiger partial charge is 0.465 e. The molecule has 0 aromatic rings. The maximum atomic E-state index is 11.1. The normalized spacial score (nSPS) is 11.9. The van der Waals surface area contributed by atoms with Crippen LogP contribution in [0.3, 0.4) is 0 Å². The van der Waals surface area contributed by atoms with E-state index in [2.05, 4.69) is 5.32 Å². The molecule has 0 aliphatic carbocycles. The molecule has 0 saturated heterocycles. The summed E-state index contributed by atoms with van der Waals surface area (Å²) in [6.45, 7) is 2.83. The van der Waals surface area contributed by atoms with Gasteiger partial charge in [0.2, 0.25) is 6.41 Å². The zero-order chi connectivity index (χ0) is 10.8. The monoisotopic (exact) mass is 202 g/mol. The molecule has 0 fully saturated rings. The number of carbonyl (C=O) groups excluding carboxylic acids is 2. The Hall–Kier alpha value is -1.10. The number of nitrogens with two attached hydrogens (primary N) is 1. The lowest BCUT2D eigenvalue weighted by molar-refractivity contribution is -0.145. The topological polar surface area (TPSA) is 81.4 Å². The van der Waals surface area contributed by atoms with Crippen LogP contribution in [0, 0.1) is 0 Å². The molecule has 0 aliphatic rings. The van der Waals surface area contributed by atoms with Gasteiger partial charge in [0.25, 0.3) is 0 Å². The lowest BCUT2D eigenvalue weighted by Crippen LogP contribution is -2.35. The molecule has 0 aromatic carbocycles. The number of nitrogens with one attached hydrogen (secondary N) is 1. The molecule has 1 atom stereocenters. The van der Waals surface area contributed by atoms with Gasteiger partial charge < -0.3 is 15.8 Å². The van der Waals surface area contributed by atoms with Crippen molar-refractivity contribution in [3.8, 4) is 0 Å². The Labute approximate surface area is 84.0 Å². The van der Waals surface area contributed by atoms with Crippen molar-refractivity contribution in [2.24, 2.45) is 5.73 Å². The Bertz CT molecular complexity index is 173. The van der Waals surface area contributed by atoms with Crippen molar-refractivity contribution in [1.29, 1.82) is 0 Å². The Morgan fingerprint density at radius 2 is 2.36 bits per heavy atom. The molecule has 14 heavy (non-hydrogen) atoms. The molecule has 0 rings (SSSR count). The van der Waals surface area contributed by atoms with Crippen LogP contribution >= 0.6 is 0 Å². The first-order valence-electron chi connectivity index (χ1n) is 4.81. The van der Waals surface area contributed by atoms with E-state index in [-0.39, 0.29) is 0 Å². The molecule has 0 saturated carbocycles. The molecule has 1 amide bonds. The number of ether oxygens (including phenoxy) is 1. The molecule has 0 heterocycles. The van der Waals surface area contributed by atoms with Gasteiger partial charge in [0, 0.05) is 6.54 Å². The molecule has 0 radical (unpaired) electrons. The van der Waals surface area contributed by atoms with Crippen molar-refractivity contribution in [3.05, 3.63) is 0 Å². The highest BCUT2D eigenvalue weighted by molar-refractivity contribution is 5.75. The maximum absolute atomic E-state index is 11.1. The van der Waals surface area contributed by atoms with Gasteiger partial charge in [0.15, 0.2) is 0 Å². The van der Waals surface area contributed by atoms with Gasteiger partial charge in [0.05, 0.1) is 6.61 Å². The maximum Gasteiger partial charge on any atom is 0.322 e. The Balaban J connectivity index is 3.49. The fourth-order valence-electron chi connectivity index (χ4n) is 0.840. The number of carbonyl (C=O) groups is 2. The average Bonchev–Trinajstić information content (AvgIpc) is 2.18. The molecule has 5 nitrogen and oxygen atoms in total. The van der Waals surface area contributed by atoms with E-state index in [0.717, 1.165) is 12.8 Å². The Morgan fingerprint density at radius 1 is 1.64 bits per heavy atom. The standard InChI is InChI=1S/C9H18N2O3/c1-2-3-6-14-9(13)8(10)4-5-11-7-12/h7-8H,2-6,10H2,1H3,(H,11,12). The second-order valence-electron chi connectivity index (χ2n) is 2.99. The number of hydrogen-bond donors (Lipinski definition) is 2. The van der Waals surface area contributed by atoms with E-state index in [1.54, 1.807) is 0 Å². The molecule has 3 N–H and O–H groups in total. The first-order chi connectivity index (χ1) is 6.72. The molecule has 0 aliphatic heterocycles. The lowest BCUT2D eigenvalue weighted by Gasteiger charge is -2.10. The number of hydrogen-bond acceptors (Lipinski definition) is 4. The summed E-state index contributed by atoms with van der Waals surface area (Å²) < 4.78 is 4.89. The third kappa shape index (κ3) is 6.42. The first kappa shape index (κ1) is 12.9. The van der Waals surface area contributed by atoms with Crippen molar-refractivity contribution in [1.82, 2.24) is 5.32 Å². The van der Waals surface area contributed by atoms with Crippen LogP contribution in [0.5, 0.6) is 0 Å². The lowest BCUT2D eigenvalue weighted by atomic mass is 10.2. The van der Waals surface area contributed by atoms with Crippen molar-refractivity contribution >= 4 is 12.4 Å². The summed E-state index contributed by atoms with van der Waals surface area (Å²) >= 11 is 0. The Morgan fingerprint density at radius 3 is 2.93 bits per heavy atom. The highest BCUT2D eigenvalue weighted by Gasteiger charge is 2.13. The summed E-state index contributed by atoms with van der Waals surface area (Å²) in [4.78, 5) is 21.0. The van der Waals surface area contributed by atoms with Crippen LogP contribution in [0.15, 0.2) is 0 Å². The van der Waals surface area contributed by atoms with Crippen molar-refractivity contribution in [3.63, 3.8) is 0 Å². The third-order valence-electron chi connectivity index (χ3n) is 1.73. The van der Waals surface area contributed by atoms with Gasteiger partial charge in [-0.15, -0.1) is 0 Å². The summed E-state index contributed by atoms with van der Waals surface area (Å²) in [5.41, 5.74) is 5.51. The summed E-state index contributed by atoms with van der Waals surface area (Å²) in [6.07, 6.45) is 2.82. The van der Waals surface area contributed by atoms with Crippen LogP contribution in [0.4, 0.5) is 0 Å². The van der Waals surface area contributed by atoms with E-state index in [0.29, 0.717) is 26.0 Å². The SMILES string of the molecule is CCCCOC(=O)C(N)CCNC=O. The fraction of sp³-hybridized carbons (Fsp3) is 0.778. The van der Waals surface area contributed by atoms with Crippen LogP contribution in [-0.2, 0) is 14.3 Å². The van der Waals surface area contributed by atoms with Gasteiger partial charge in [0.1, 0.15) is 6.04 Å². The summed E-state index contributed by atoms with van der Waals surface area (Å²) in [5, 5.41) is 2.43. The predicted octanol–water partition coefficient (Wildman–Crippen LogP) is -0.207. The quantitative estimate of drug-likeness (QED) is 0.324. The molecule has 0 spiro atoms. The summed E-state index contributed by atoms with van der Waals surface area (Å²) in [5.74, 6) is -0.397. The second-order valence-corrected chi connectivity index (χ2v) is 2.99. The van der Waals surface area contributed by atoms with E-state index in [9.17, 15) is 9.59 Å². The second kappa shape index (κ2) is 8.50. The first-order valence-corrected chi connectivity index (χ1v) is 4.81. The number of unbranched alkanes of at least 4 members (excludes halogenated alkanes) is 1. The molecule has 82 valence electrons. The number of esters is 1. The van der Waals surface area contributed by atoms with E-state index in [1.807, 2.05) is 6.92 Å². The number of rotatable bonds is 8. The Kier molecular flexibility index (Phi) is 7.83. The summed E-state index contributed by atoms with van der Waals surface area (Å²) in [6, 6.07) is -0.640. The predicted molar refractivity (Wildman–Crippen MR) is 52.5 cm³/mol. The highest BCUT2D eigenvalue weighted by Crippen LogP contribution is 1.94. The minimum atomic E-state index is -0.640. The molecule has 5 heteroatoms. The average molecular weight is 202 g/mol. The smallest absolute Gasteiger partial charge is 0.322 e. The molecule has 1 unspecified atom stereocenters. The third-order valence-corrected chi connectivity index (χ3v) is 1.73. The van der Waals surface area contributed by atoms with Gasteiger partial charge in [-0.3, -0.25) is 9.59 Å². The van der Waals surface area contributed by atoms with Crippen LogP contribution < -0.4 is 11.1 Å². The van der Waals surface area contributed by atoms with Crippen molar-refractivity contribution in [2.45, 2.75) is 32.2 Å². The van der Waals surface area contributed by atoms with Gasteiger partial charge in [-0.25, -0.2) is 0 Å². The van der Waals surface area contributed by atoms with Crippen molar-refractivity contribution in [2.75, 3.05) is 13.2 Å². The minimum Gasteiger partial charge on any atom is -0.465 e. The fourth-order valence-corrected chi connectivity index (χ4v) is 0.840. The summed E-state index contributed by atoms with van der Waals surface area (Å²) in [7, 11) is 0. The van der Waals surface area contributed by atoms with Gasteiger partial charge in [-0.2, -0.15) is 0 Å². The zero-order valence-corrected chi connectivity index (χ0v) is 8.49. The number of amides is 1. The van der Waals surface area contributed by atoms with E-state index >= 15 is 0 Å². The zero-order valence-electron chi connectivity index (χ0n) is 8.49. The van der Waals surface area contributed by atoms with Gasteiger partial charge in [-0.05, 0) is 12.8 Å². The molecular weight excluding hydrogens is 184 g/mol. The minimum absolute atomic E-state index is 0.396. The van der Waals surface area contributed by atoms with Gasteiger partial charge in [-0.1, -0.05) is 13.3 Å². The molecule has 0 bridgehead atoms.